The average molecular weight is 457 g/mol. The molecule has 0 aliphatic carbocycles. The second-order valence-corrected chi connectivity index (χ2v) is 10.9. The Kier molecular flexibility index (Phi) is 5.55. The third-order valence-corrected chi connectivity index (χ3v) is 9.69. The molecular formula is C24H30N2O2Se. The van der Waals surface area contributed by atoms with Gasteiger partial charge in [-0.3, -0.25) is 0 Å². The molecule has 3 aliphatic rings. The van der Waals surface area contributed by atoms with Gasteiger partial charge in [0.25, 0.3) is 0 Å². The molecule has 3 unspecified atom stereocenters. The average Bonchev–Trinajstić information content (AvgIpc) is 2.74. The minimum absolute atomic E-state index is 0.0602. The molecule has 0 spiro atoms. The number of likely N-dealkylation sites (tertiary alicyclic amines) is 1. The molecule has 4 nitrogen and oxygen atoms in total. The number of hydrogen-bond donors (Lipinski definition) is 0. The van der Waals surface area contributed by atoms with Crippen molar-refractivity contribution in [3.8, 4) is 0 Å². The Labute approximate surface area is 180 Å². The van der Waals surface area contributed by atoms with E-state index in [-0.39, 0.29) is 5.41 Å². The fourth-order valence-corrected chi connectivity index (χ4v) is 8.81. The Morgan fingerprint density at radius 2 is 1.59 bits per heavy atom. The van der Waals surface area contributed by atoms with Crippen molar-refractivity contribution in [3.63, 3.8) is 0 Å². The predicted octanol–water partition coefficient (Wildman–Crippen LogP) is 3.49. The van der Waals surface area contributed by atoms with Crippen LogP contribution in [0.15, 0.2) is 60.7 Å². The molecule has 2 bridgehead atoms. The van der Waals surface area contributed by atoms with Crippen molar-refractivity contribution in [2.24, 2.45) is 11.3 Å². The third-order valence-electron chi connectivity index (χ3n) is 6.77. The molecule has 154 valence electrons. The first-order valence-corrected chi connectivity index (χ1v) is 12.9. The van der Waals surface area contributed by atoms with Crippen molar-refractivity contribution < 1.29 is 9.47 Å². The molecule has 29 heavy (non-hydrogen) atoms. The van der Waals surface area contributed by atoms with Gasteiger partial charge >= 0.3 is 180 Å². The van der Waals surface area contributed by atoms with Crippen LogP contribution in [0.1, 0.15) is 11.1 Å². The Bertz CT molecular complexity index is 816. The fourth-order valence-electron chi connectivity index (χ4n) is 5.66. The quantitative estimate of drug-likeness (QED) is 0.642. The summed E-state index contributed by atoms with van der Waals surface area (Å²) in [5, 5.41) is 2.49. The van der Waals surface area contributed by atoms with E-state index < -0.39 is 5.79 Å². The molecule has 3 saturated heterocycles. The van der Waals surface area contributed by atoms with E-state index in [1.807, 2.05) is 7.11 Å². The molecule has 5 rings (SSSR count). The van der Waals surface area contributed by atoms with E-state index in [0.717, 1.165) is 32.7 Å². The predicted molar refractivity (Wildman–Crippen MR) is 116 cm³/mol. The van der Waals surface area contributed by atoms with Gasteiger partial charge in [-0.1, -0.05) is 0 Å². The summed E-state index contributed by atoms with van der Waals surface area (Å²) in [6.07, 6.45) is 0. The summed E-state index contributed by atoms with van der Waals surface area (Å²) in [5.41, 5.74) is 2.81. The third kappa shape index (κ3) is 3.59. The van der Waals surface area contributed by atoms with Gasteiger partial charge in [0.1, 0.15) is 0 Å². The van der Waals surface area contributed by atoms with Crippen LogP contribution >= 0.6 is 0 Å². The van der Waals surface area contributed by atoms with Gasteiger partial charge in [0.05, 0.1) is 0 Å². The molecule has 2 aromatic rings. The van der Waals surface area contributed by atoms with Gasteiger partial charge in [0.15, 0.2) is 0 Å². The van der Waals surface area contributed by atoms with E-state index in [4.69, 9.17) is 9.47 Å². The van der Waals surface area contributed by atoms with Crippen LogP contribution in [0.5, 0.6) is 0 Å². The van der Waals surface area contributed by atoms with Crippen LogP contribution in [0.25, 0.3) is 0 Å². The van der Waals surface area contributed by atoms with Gasteiger partial charge in [-0.15, -0.1) is 0 Å². The van der Waals surface area contributed by atoms with Gasteiger partial charge in [-0.2, -0.15) is 0 Å². The number of rotatable bonds is 5. The maximum atomic E-state index is 6.65. The minimum atomic E-state index is -0.409. The van der Waals surface area contributed by atoms with E-state index in [9.17, 15) is 0 Å². The molecule has 3 atom stereocenters. The summed E-state index contributed by atoms with van der Waals surface area (Å²) >= 11 is 0.671. The zero-order valence-electron chi connectivity index (χ0n) is 17.1. The van der Waals surface area contributed by atoms with Gasteiger partial charge in [0.2, 0.25) is 0 Å². The number of piperidine rings is 1. The summed E-state index contributed by atoms with van der Waals surface area (Å²) in [5.74, 6) is 0.0606. The van der Waals surface area contributed by atoms with Crippen molar-refractivity contribution in [2.45, 2.75) is 29.5 Å². The number of nitrogens with zero attached hydrogens (tertiary/aromatic N) is 2. The number of ether oxygens (including phenoxy) is 2. The molecule has 0 radical (unpaired) electrons. The van der Waals surface area contributed by atoms with Gasteiger partial charge in [-0.25, -0.2) is 0 Å². The van der Waals surface area contributed by atoms with E-state index in [1.54, 1.807) is 0 Å². The molecule has 3 aliphatic heterocycles. The van der Waals surface area contributed by atoms with Crippen LogP contribution in [0.2, 0.25) is 10.6 Å². The van der Waals surface area contributed by atoms with Gasteiger partial charge in [0, 0.05) is 0 Å². The maximum absolute atomic E-state index is 6.65. The monoisotopic (exact) mass is 458 g/mol. The van der Waals surface area contributed by atoms with Crippen molar-refractivity contribution in [3.05, 3.63) is 71.8 Å². The zero-order valence-corrected chi connectivity index (χ0v) is 18.8. The molecule has 0 amide bonds. The van der Waals surface area contributed by atoms with Crippen LogP contribution in [-0.2, 0) is 22.6 Å². The summed E-state index contributed by atoms with van der Waals surface area (Å²) in [6.45, 7) is 5.81. The SMILES string of the molecule is COC12OCN(Cc3ccccc3)CC13C[Se]CC2CN(Cc1ccccc1)C3. The Balaban J connectivity index is 1.40. The van der Waals surface area contributed by atoms with E-state index >= 15 is 0 Å². The molecule has 0 aromatic heterocycles. The second kappa shape index (κ2) is 8.14. The number of methoxy groups -OCH3 is 1. The van der Waals surface area contributed by atoms with Crippen LogP contribution in [0, 0.1) is 11.3 Å². The van der Waals surface area contributed by atoms with Crippen LogP contribution in [0.3, 0.4) is 0 Å². The van der Waals surface area contributed by atoms with Crippen LogP contribution in [0.4, 0.5) is 0 Å². The van der Waals surface area contributed by atoms with E-state index in [1.165, 1.54) is 21.8 Å². The first-order valence-electron chi connectivity index (χ1n) is 10.5. The van der Waals surface area contributed by atoms with Crippen LogP contribution < -0.4 is 0 Å². The van der Waals surface area contributed by atoms with Crippen molar-refractivity contribution >= 4 is 15.0 Å². The first-order chi connectivity index (χ1) is 14.2. The summed E-state index contributed by atoms with van der Waals surface area (Å²) in [4.78, 5) is 5.14. The Morgan fingerprint density at radius 1 is 0.966 bits per heavy atom. The fraction of sp³-hybridized carbons (Fsp3) is 0.500. The molecule has 5 heteroatoms. The molecular weight excluding hydrogens is 427 g/mol. The summed E-state index contributed by atoms with van der Waals surface area (Å²) in [7, 11) is 1.87. The summed E-state index contributed by atoms with van der Waals surface area (Å²) in [6, 6.07) is 21.6. The van der Waals surface area contributed by atoms with E-state index in [2.05, 4.69) is 70.5 Å². The number of hydrogen-bond acceptors (Lipinski definition) is 4. The van der Waals surface area contributed by atoms with Gasteiger partial charge in [-0.05, 0) is 0 Å². The topological polar surface area (TPSA) is 24.9 Å². The molecule has 0 N–H and O–H groups in total. The zero-order chi connectivity index (χ0) is 19.7. The van der Waals surface area contributed by atoms with Crippen molar-refractivity contribution in [1.29, 1.82) is 0 Å². The Hall–Kier alpha value is -1.20. The molecule has 3 fully saturated rings. The van der Waals surface area contributed by atoms with Gasteiger partial charge < -0.3 is 0 Å². The first kappa shape index (κ1) is 19.7. The Morgan fingerprint density at radius 3 is 2.24 bits per heavy atom. The molecule has 0 saturated carbocycles. The van der Waals surface area contributed by atoms with Crippen molar-refractivity contribution in [2.75, 3.05) is 33.5 Å². The normalized spacial score (nSPS) is 32.7. The summed E-state index contributed by atoms with van der Waals surface area (Å²) < 4.78 is 12.9. The molecule has 3 heterocycles. The van der Waals surface area contributed by atoms with Crippen LogP contribution in [-0.4, -0.2) is 64.0 Å². The van der Waals surface area contributed by atoms with E-state index in [0.29, 0.717) is 27.6 Å². The standard InChI is InChI=1S/C24H30N2O2Se/c1-27-24-22-14-25(12-20-8-4-2-5-9-20)16-23(24,18-29-15-22)17-26(19-28-24)13-21-10-6-3-7-11-21/h2-11,22H,12-19H2,1H3. The number of benzene rings is 2. The van der Waals surface area contributed by atoms with Crippen molar-refractivity contribution in [1.82, 2.24) is 9.80 Å². The second-order valence-electron chi connectivity index (χ2n) is 8.77. The molecule has 2 aromatic carbocycles.